The highest BCUT2D eigenvalue weighted by Crippen LogP contribution is 2.29. The molecule has 3 N–H and O–H groups in total. The number of benzene rings is 2. The lowest BCUT2D eigenvalue weighted by Gasteiger charge is -2.11. The molecule has 2 aromatic carbocycles. The maximum absolute atomic E-state index is 12.4. The molecule has 1 heterocycles. The summed E-state index contributed by atoms with van der Waals surface area (Å²) in [6.45, 7) is 0.226. The number of nitro groups is 2. The van der Waals surface area contributed by atoms with E-state index >= 15 is 0 Å². The number of anilines is 2. The first-order chi connectivity index (χ1) is 15.4. The van der Waals surface area contributed by atoms with Crippen molar-refractivity contribution in [1.29, 1.82) is 0 Å². The van der Waals surface area contributed by atoms with Crippen molar-refractivity contribution in [3.8, 4) is 5.75 Å². The number of nitrogens with zero attached hydrogens (tertiary/aromatic N) is 4. The molecule has 0 spiro atoms. The minimum Gasteiger partial charge on any atom is -0.497 e. The van der Waals surface area contributed by atoms with Gasteiger partial charge in [-0.25, -0.2) is 9.97 Å². The van der Waals surface area contributed by atoms with Gasteiger partial charge in [0.15, 0.2) is 0 Å². The van der Waals surface area contributed by atoms with Crippen molar-refractivity contribution in [1.82, 2.24) is 15.4 Å². The molecule has 0 saturated carbocycles. The van der Waals surface area contributed by atoms with E-state index in [9.17, 15) is 25.0 Å². The van der Waals surface area contributed by atoms with Gasteiger partial charge in [0.1, 0.15) is 17.6 Å². The number of nitro benzene ring substituents is 1. The number of nitrogens with one attached hydrogen (secondary N) is 3. The van der Waals surface area contributed by atoms with Gasteiger partial charge < -0.3 is 10.1 Å². The molecule has 0 aliphatic rings. The zero-order chi connectivity index (χ0) is 23.1. The monoisotopic (exact) mass is 439 g/mol. The highest BCUT2D eigenvalue weighted by atomic mass is 16.6. The van der Waals surface area contributed by atoms with E-state index in [2.05, 4.69) is 26.1 Å². The highest BCUT2D eigenvalue weighted by Gasteiger charge is 2.25. The lowest BCUT2D eigenvalue weighted by atomic mass is 10.2. The molecular weight excluding hydrogens is 422 g/mol. The molecule has 32 heavy (non-hydrogen) atoms. The molecule has 0 radical (unpaired) electrons. The summed E-state index contributed by atoms with van der Waals surface area (Å²) < 4.78 is 5.09. The first-order valence-electron chi connectivity index (χ1n) is 9.06. The molecular formula is C19H17N7O6. The average Bonchev–Trinajstić information content (AvgIpc) is 2.81. The van der Waals surface area contributed by atoms with Crippen molar-refractivity contribution in [2.75, 3.05) is 17.9 Å². The molecule has 0 unspecified atom stereocenters. The van der Waals surface area contributed by atoms with Crippen LogP contribution in [0.3, 0.4) is 0 Å². The van der Waals surface area contributed by atoms with E-state index in [1.807, 2.05) is 0 Å². The minimum absolute atomic E-state index is 0.0803. The van der Waals surface area contributed by atoms with Gasteiger partial charge in [-0.15, -0.1) is 0 Å². The van der Waals surface area contributed by atoms with Crippen LogP contribution in [0.5, 0.6) is 5.75 Å². The Hall–Kier alpha value is -4.81. The summed E-state index contributed by atoms with van der Waals surface area (Å²) in [5.41, 5.74) is 4.20. The van der Waals surface area contributed by atoms with Gasteiger partial charge in [-0.2, -0.15) is 0 Å². The van der Waals surface area contributed by atoms with E-state index in [1.165, 1.54) is 24.3 Å². The fourth-order valence-corrected chi connectivity index (χ4v) is 2.71. The lowest BCUT2D eigenvalue weighted by Crippen LogP contribution is -2.31. The largest absolute Gasteiger partial charge is 0.497 e. The Kier molecular flexibility index (Phi) is 6.70. The van der Waals surface area contributed by atoms with E-state index in [0.29, 0.717) is 5.75 Å². The number of amides is 1. The van der Waals surface area contributed by atoms with Gasteiger partial charge in [-0.05, 0) is 23.8 Å². The van der Waals surface area contributed by atoms with Crippen molar-refractivity contribution < 1.29 is 19.4 Å². The zero-order valence-corrected chi connectivity index (χ0v) is 16.6. The number of carbonyl (C=O) groups excluding carboxylic acids is 1. The van der Waals surface area contributed by atoms with Crippen LogP contribution in [-0.2, 0) is 6.54 Å². The van der Waals surface area contributed by atoms with Crippen molar-refractivity contribution in [3.63, 3.8) is 0 Å². The number of ether oxygens (including phenoxy) is 1. The molecule has 1 amide bonds. The smallest absolute Gasteiger partial charge is 0.354 e. The van der Waals surface area contributed by atoms with Gasteiger partial charge in [-0.3, -0.25) is 35.9 Å². The van der Waals surface area contributed by atoms with E-state index in [0.717, 1.165) is 11.9 Å². The standard InChI is InChI=1S/C19H17N7O6/c1-32-13-8-6-12(7-9-13)10-20-17-16(26(30)31)18(22-11-21-17)23-24-19(27)14-4-2-3-5-15(14)25(28)29/h2-9,11H,10H2,1H3,(H,24,27)(H2,20,21,22,23). The summed E-state index contributed by atoms with van der Waals surface area (Å²) in [6.07, 6.45) is 1.07. The molecule has 3 rings (SSSR count). The molecule has 0 aliphatic heterocycles. The van der Waals surface area contributed by atoms with Crippen molar-refractivity contribution in [2.24, 2.45) is 0 Å². The number of carbonyl (C=O) groups is 1. The second-order valence-corrected chi connectivity index (χ2v) is 6.23. The van der Waals surface area contributed by atoms with E-state index < -0.39 is 27.1 Å². The second-order valence-electron chi connectivity index (χ2n) is 6.23. The molecule has 0 fully saturated rings. The fourth-order valence-electron chi connectivity index (χ4n) is 2.71. The summed E-state index contributed by atoms with van der Waals surface area (Å²) in [4.78, 5) is 41.3. The Labute approximate surface area is 180 Å². The maximum Gasteiger partial charge on any atom is 0.354 e. The summed E-state index contributed by atoms with van der Waals surface area (Å²) in [5.74, 6) is -0.571. The number of methoxy groups -OCH3 is 1. The van der Waals surface area contributed by atoms with Crippen LogP contribution in [0.25, 0.3) is 0 Å². The Bertz CT molecular complexity index is 1150. The molecule has 3 aromatic rings. The predicted molar refractivity (Wildman–Crippen MR) is 113 cm³/mol. The second kappa shape index (κ2) is 9.80. The lowest BCUT2D eigenvalue weighted by molar-refractivity contribution is -0.385. The Balaban J connectivity index is 1.76. The number of rotatable bonds is 9. The Morgan fingerprint density at radius 3 is 2.34 bits per heavy atom. The third-order valence-electron chi connectivity index (χ3n) is 4.26. The van der Waals surface area contributed by atoms with Gasteiger partial charge in [-0.1, -0.05) is 24.3 Å². The number of aromatic nitrogens is 2. The predicted octanol–water partition coefficient (Wildman–Crippen LogP) is 2.67. The summed E-state index contributed by atoms with van der Waals surface area (Å²) in [6, 6.07) is 12.4. The van der Waals surface area contributed by atoms with Crippen molar-refractivity contribution >= 4 is 28.9 Å². The van der Waals surface area contributed by atoms with E-state index in [1.54, 1.807) is 31.4 Å². The van der Waals surface area contributed by atoms with Crippen molar-refractivity contribution in [2.45, 2.75) is 6.54 Å². The quantitative estimate of drug-likeness (QED) is 0.332. The van der Waals surface area contributed by atoms with Gasteiger partial charge in [0, 0.05) is 12.6 Å². The van der Waals surface area contributed by atoms with Crippen molar-refractivity contribution in [3.05, 3.63) is 86.2 Å². The summed E-state index contributed by atoms with van der Waals surface area (Å²) >= 11 is 0. The first kappa shape index (κ1) is 21.9. The van der Waals surface area contributed by atoms with Gasteiger partial charge >= 0.3 is 5.69 Å². The normalized spacial score (nSPS) is 10.2. The zero-order valence-electron chi connectivity index (χ0n) is 16.6. The van der Waals surface area contributed by atoms with Crippen LogP contribution < -0.4 is 20.9 Å². The van der Waals surface area contributed by atoms with E-state index in [4.69, 9.17) is 4.74 Å². The summed E-state index contributed by atoms with van der Waals surface area (Å²) in [7, 11) is 1.54. The van der Waals surface area contributed by atoms with Crippen LogP contribution in [0, 0.1) is 20.2 Å². The number of hydrazine groups is 1. The van der Waals surface area contributed by atoms with Crippen LogP contribution >= 0.6 is 0 Å². The molecule has 0 bridgehead atoms. The molecule has 0 aliphatic carbocycles. The number of hydrogen-bond donors (Lipinski definition) is 3. The molecule has 13 heteroatoms. The van der Waals surface area contributed by atoms with Crippen LogP contribution in [0.1, 0.15) is 15.9 Å². The van der Waals surface area contributed by atoms with Gasteiger partial charge in [0.2, 0.25) is 11.6 Å². The molecule has 0 saturated heterocycles. The number of hydrogen-bond acceptors (Lipinski definition) is 10. The third-order valence-corrected chi connectivity index (χ3v) is 4.26. The number of para-hydroxylation sites is 1. The SMILES string of the molecule is COc1ccc(CNc2ncnc(NNC(=O)c3ccccc3[N+](=O)[O-])c2[N+](=O)[O-])cc1. The Morgan fingerprint density at radius 1 is 1.00 bits per heavy atom. The molecule has 13 nitrogen and oxygen atoms in total. The first-order valence-corrected chi connectivity index (χ1v) is 9.06. The maximum atomic E-state index is 12.4. The average molecular weight is 439 g/mol. The Morgan fingerprint density at radius 2 is 1.69 bits per heavy atom. The summed E-state index contributed by atoms with van der Waals surface area (Å²) in [5, 5.41) is 25.6. The van der Waals surface area contributed by atoms with E-state index in [-0.39, 0.29) is 23.7 Å². The van der Waals surface area contributed by atoms with Crippen LogP contribution in [-0.4, -0.2) is 32.8 Å². The minimum atomic E-state index is -0.863. The molecule has 0 atom stereocenters. The topological polar surface area (TPSA) is 174 Å². The van der Waals surface area contributed by atoms with Gasteiger partial charge in [0.25, 0.3) is 11.6 Å². The molecule has 1 aromatic heterocycles. The van der Waals surface area contributed by atoms with Crippen LogP contribution in [0.15, 0.2) is 54.9 Å². The van der Waals surface area contributed by atoms with Crippen LogP contribution in [0.4, 0.5) is 23.0 Å². The fraction of sp³-hybridized carbons (Fsp3) is 0.105. The van der Waals surface area contributed by atoms with Gasteiger partial charge in [0.05, 0.1) is 17.0 Å². The third kappa shape index (κ3) is 5.02. The van der Waals surface area contributed by atoms with Crippen LogP contribution in [0.2, 0.25) is 0 Å². The molecule has 164 valence electrons. The highest BCUT2D eigenvalue weighted by molar-refractivity contribution is 5.98.